The van der Waals surface area contributed by atoms with Gasteiger partial charge >= 0.3 is 0 Å². The van der Waals surface area contributed by atoms with E-state index in [0.717, 1.165) is 28.3 Å². The average molecular weight is 434 g/mol. The van der Waals surface area contributed by atoms with Crippen LogP contribution in [0.25, 0.3) is 0 Å². The van der Waals surface area contributed by atoms with Crippen LogP contribution in [0.5, 0.6) is 0 Å². The molecule has 0 spiro atoms. The summed E-state index contributed by atoms with van der Waals surface area (Å²) in [5.41, 5.74) is 3.82. The Morgan fingerprint density at radius 3 is 2.00 bits per heavy atom. The van der Waals surface area contributed by atoms with E-state index in [0.29, 0.717) is 0 Å². The number of thioether (sulfide) groups is 1. The first-order valence-electron chi connectivity index (χ1n) is 10.1. The van der Waals surface area contributed by atoms with Gasteiger partial charge in [0.1, 0.15) is 0 Å². The van der Waals surface area contributed by atoms with E-state index in [1.807, 2.05) is 73.0 Å². The maximum Gasteiger partial charge on any atom is 0.238 e. The molecule has 0 fully saturated rings. The molecule has 160 valence electrons. The Hall–Kier alpha value is -3.09. The molecule has 3 rings (SSSR count). The molecule has 3 aromatic carbocycles. The van der Waals surface area contributed by atoms with E-state index >= 15 is 0 Å². The largest absolute Gasteiger partial charge is 0.325 e. The summed E-state index contributed by atoms with van der Waals surface area (Å²) in [6.45, 7) is 0.249. The molecule has 6 heteroatoms. The fraction of sp³-hybridized carbons (Fsp3) is 0.200. The third kappa shape index (κ3) is 6.98. The van der Waals surface area contributed by atoms with Crippen molar-refractivity contribution in [1.82, 2.24) is 4.90 Å². The Bertz CT molecular complexity index is 1020. The maximum atomic E-state index is 12.6. The maximum absolute atomic E-state index is 12.6. The van der Waals surface area contributed by atoms with Crippen LogP contribution < -0.4 is 10.6 Å². The fourth-order valence-electron chi connectivity index (χ4n) is 3.29. The van der Waals surface area contributed by atoms with Crippen LogP contribution in [-0.4, -0.2) is 43.1 Å². The number of rotatable bonds is 9. The first-order chi connectivity index (χ1) is 15.0. The van der Waals surface area contributed by atoms with E-state index in [4.69, 9.17) is 0 Å². The van der Waals surface area contributed by atoms with Gasteiger partial charge in [0.2, 0.25) is 11.8 Å². The molecule has 0 saturated carbocycles. The predicted octanol–water partition coefficient (Wildman–Crippen LogP) is 4.51. The number of amides is 2. The first kappa shape index (κ1) is 22.6. The summed E-state index contributed by atoms with van der Waals surface area (Å²) in [5, 5.41) is 5.91. The minimum atomic E-state index is -0.152. The number of carbonyl (C=O) groups is 2. The van der Waals surface area contributed by atoms with E-state index in [2.05, 4.69) is 22.8 Å². The van der Waals surface area contributed by atoms with Crippen molar-refractivity contribution in [2.45, 2.75) is 11.3 Å². The van der Waals surface area contributed by atoms with Crippen LogP contribution in [0, 0.1) is 0 Å². The van der Waals surface area contributed by atoms with Gasteiger partial charge in [0.05, 0.1) is 18.8 Å². The smallest absolute Gasteiger partial charge is 0.238 e. The van der Waals surface area contributed by atoms with Gasteiger partial charge in [0.15, 0.2) is 0 Å². The summed E-state index contributed by atoms with van der Waals surface area (Å²) >= 11 is 1.58. The average Bonchev–Trinajstić information content (AvgIpc) is 2.76. The topological polar surface area (TPSA) is 61.4 Å². The number of anilines is 2. The fourth-order valence-corrected chi connectivity index (χ4v) is 3.84. The number of para-hydroxylation sites is 2. The Kier molecular flexibility index (Phi) is 8.27. The zero-order valence-electron chi connectivity index (χ0n) is 17.8. The number of nitrogens with zero attached hydrogens (tertiary/aromatic N) is 1. The van der Waals surface area contributed by atoms with Crippen LogP contribution in [0.2, 0.25) is 0 Å². The zero-order valence-corrected chi connectivity index (χ0v) is 18.6. The molecule has 0 heterocycles. The molecule has 0 saturated heterocycles. The standard InChI is InChI=1S/C25H27N3O2S/c1-28(18-25(30)27-22-14-8-9-15-23(22)31-2)17-24(29)26-21-13-7-6-12-20(21)16-19-10-4-3-5-11-19/h3-15H,16-18H2,1-2H3,(H,26,29)(H,27,30). The lowest BCUT2D eigenvalue weighted by molar-refractivity contribution is -0.119. The molecule has 0 radical (unpaired) electrons. The van der Waals surface area contributed by atoms with Crippen molar-refractivity contribution in [2.75, 3.05) is 37.0 Å². The van der Waals surface area contributed by atoms with Gasteiger partial charge in [-0.15, -0.1) is 11.8 Å². The summed E-state index contributed by atoms with van der Waals surface area (Å²) in [6.07, 6.45) is 2.71. The quantitative estimate of drug-likeness (QED) is 0.488. The molecular formula is C25H27N3O2S. The van der Waals surface area contributed by atoms with Gasteiger partial charge < -0.3 is 10.6 Å². The van der Waals surface area contributed by atoms with Crippen molar-refractivity contribution in [3.63, 3.8) is 0 Å². The second-order valence-corrected chi connectivity index (χ2v) is 8.14. The van der Waals surface area contributed by atoms with Crippen LogP contribution in [0.4, 0.5) is 11.4 Å². The second kappa shape index (κ2) is 11.3. The zero-order chi connectivity index (χ0) is 22.1. The van der Waals surface area contributed by atoms with Crippen molar-refractivity contribution in [1.29, 1.82) is 0 Å². The second-order valence-electron chi connectivity index (χ2n) is 7.29. The molecule has 0 aliphatic heterocycles. The van der Waals surface area contributed by atoms with Crippen molar-refractivity contribution in [3.05, 3.63) is 90.0 Å². The molecule has 31 heavy (non-hydrogen) atoms. The third-order valence-corrected chi connectivity index (χ3v) is 5.53. The highest BCUT2D eigenvalue weighted by Gasteiger charge is 2.13. The Balaban J connectivity index is 1.54. The number of carbonyl (C=O) groups excluding carboxylic acids is 2. The lowest BCUT2D eigenvalue weighted by Gasteiger charge is -2.17. The summed E-state index contributed by atoms with van der Waals surface area (Å²) in [7, 11) is 1.76. The summed E-state index contributed by atoms with van der Waals surface area (Å²) < 4.78 is 0. The van der Waals surface area contributed by atoms with Gasteiger partial charge in [-0.25, -0.2) is 0 Å². The normalized spacial score (nSPS) is 10.7. The number of benzene rings is 3. The van der Waals surface area contributed by atoms with Crippen molar-refractivity contribution < 1.29 is 9.59 Å². The van der Waals surface area contributed by atoms with Gasteiger partial charge in [-0.1, -0.05) is 60.7 Å². The van der Waals surface area contributed by atoms with Crippen molar-refractivity contribution in [2.24, 2.45) is 0 Å². The molecule has 0 bridgehead atoms. The Morgan fingerprint density at radius 1 is 0.774 bits per heavy atom. The van der Waals surface area contributed by atoms with Gasteiger partial charge in [-0.2, -0.15) is 0 Å². The van der Waals surface area contributed by atoms with E-state index in [9.17, 15) is 9.59 Å². The van der Waals surface area contributed by atoms with E-state index in [1.165, 1.54) is 5.56 Å². The monoisotopic (exact) mass is 433 g/mol. The summed E-state index contributed by atoms with van der Waals surface area (Å²) in [6, 6.07) is 25.6. The number of likely N-dealkylation sites (N-methyl/N-ethyl adjacent to an activating group) is 1. The first-order valence-corrected chi connectivity index (χ1v) is 11.3. The lowest BCUT2D eigenvalue weighted by Crippen LogP contribution is -2.36. The molecule has 5 nitrogen and oxygen atoms in total. The van der Waals surface area contributed by atoms with Crippen molar-refractivity contribution >= 4 is 35.0 Å². The van der Waals surface area contributed by atoms with Gasteiger partial charge in [0, 0.05) is 10.6 Å². The van der Waals surface area contributed by atoms with Gasteiger partial charge in [-0.3, -0.25) is 14.5 Å². The SMILES string of the molecule is CSc1ccccc1NC(=O)CN(C)CC(=O)Nc1ccccc1Cc1ccccc1. The summed E-state index contributed by atoms with van der Waals surface area (Å²) in [5.74, 6) is -0.304. The molecule has 0 unspecified atom stereocenters. The van der Waals surface area contributed by atoms with Crippen LogP contribution in [0.15, 0.2) is 83.8 Å². The Morgan fingerprint density at radius 2 is 1.32 bits per heavy atom. The lowest BCUT2D eigenvalue weighted by atomic mass is 10.0. The predicted molar refractivity (Wildman–Crippen MR) is 129 cm³/mol. The molecular weight excluding hydrogens is 406 g/mol. The minimum absolute atomic E-state index is 0.122. The molecule has 0 aliphatic carbocycles. The van der Waals surface area contributed by atoms with Crippen LogP contribution >= 0.6 is 11.8 Å². The van der Waals surface area contributed by atoms with Crippen molar-refractivity contribution in [3.8, 4) is 0 Å². The van der Waals surface area contributed by atoms with Crippen LogP contribution in [-0.2, 0) is 16.0 Å². The van der Waals surface area contributed by atoms with Crippen LogP contribution in [0.1, 0.15) is 11.1 Å². The highest BCUT2D eigenvalue weighted by Crippen LogP contribution is 2.24. The molecule has 3 aromatic rings. The number of hydrogen-bond acceptors (Lipinski definition) is 4. The molecule has 0 atom stereocenters. The highest BCUT2D eigenvalue weighted by atomic mass is 32.2. The molecule has 0 aromatic heterocycles. The third-order valence-electron chi connectivity index (χ3n) is 4.74. The minimum Gasteiger partial charge on any atom is -0.325 e. The van der Waals surface area contributed by atoms with Gasteiger partial charge in [0.25, 0.3) is 0 Å². The van der Waals surface area contributed by atoms with E-state index < -0.39 is 0 Å². The summed E-state index contributed by atoms with van der Waals surface area (Å²) in [4.78, 5) is 27.7. The molecule has 0 aliphatic rings. The molecule has 2 amide bonds. The Labute approximate surface area is 187 Å². The number of hydrogen-bond donors (Lipinski definition) is 2. The molecule has 2 N–H and O–H groups in total. The van der Waals surface area contributed by atoms with E-state index in [-0.39, 0.29) is 24.9 Å². The van der Waals surface area contributed by atoms with Crippen LogP contribution in [0.3, 0.4) is 0 Å². The highest BCUT2D eigenvalue weighted by molar-refractivity contribution is 7.98. The van der Waals surface area contributed by atoms with Gasteiger partial charge in [-0.05, 0) is 49.1 Å². The number of nitrogens with one attached hydrogen (secondary N) is 2. The van der Waals surface area contributed by atoms with E-state index in [1.54, 1.807) is 23.7 Å².